The first-order valence-electron chi connectivity index (χ1n) is 6.98. The molecule has 1 aromatic rings. The number of benzene rings is 1. The summed E-state index contributed by atoms with van der Waals surface area (Å²) in [5.74, 6) is -1.23. The van der Waals surface area contributed by atoms with E-state index in [4.69, 9.17) is 0 Å². The number of aryl methyl sites for hydroxylation is 1. The normalized spacial score (nSPS) is 13.6. The fourth-order valence-corrected chi connectivity index (χ4v) is 2.38. The highest BCUT2D eigenvalue weighted by Crippen LogP contribution is 2.29. The van der Waals surface area contributed by atoms with Crippen LogP contribution in [-0.2, 0) is 21.5 Å². The lowest BCUT2D eigenvalue weighted by Crippen LogP contribution is -2.52. The summed E-state index contributed by atoms with van der Waals surface area (Å²) in [5.41, 5.74) is 0.450. The molecule has 1 rings (SSSR count). The SMILES string of the molecule is CCCN(C(C)=O)C(C)(C(=O)O)c1ccc(CC)cc1. The maximum absolute atomic E-state index is 11.8. The summed E-state index contributed by atoms with van der Waals surface area (Å²) >= 11 is 0. The number of rotatable bonds is 6. The number of carbonyl (C=O) groups excluding carboxylic acids is 1. The molecule has 0 heterocycles. The Morgan fingerprint density at radius 1 is 1.20 bits per heavy atom. The number of amides is 1. The second-order valence-corrected chi connectivity index (χ2v) is 5.10. The second kappa shape index (κ2) is 6.55. The smallest absolute Gasteiger partial charge is 0.334 e. The van der Waals surface area contributed by atoms with Crippen LogP contribution in [0.5, 0.6) is 0 Å². The molecule has 1 aromatic carbocycles. The fourth-order valence-electron chi connectivity index (χ4n) is 2.38. The molecule has 0 saturated carbocycles. The summed E-state index contributed by atoms with van der Waals surface area (Å²) in [6, 6.07) is 7.44. The Labute approximate surface area is 120 Å². The second-order valence-electron chi connectivity index (χ2n) is 5.10. The third kappa shape index (κ3) is 3.00. The lowest BCUT2D eigenvalue weighted by Gasteiger charge is -2.37. The van der Waals surface area contributed by atoms with Crippen LogP contribution < -0.4 is 0 Å². The molecule has 0 radical (unpaired) electrons. The number of carboxylic acid groups (broad SMARTS) is 1. The van der Waals surface area contributed by atoms with Gasteiger partial charge in [-0.2, -0.15) is 0 Å². The first kappa shape index (κ1) is 16.2. The Bertz CT molecular complexity index is 481. The molecular weight excluding hydrogens is 254 g/mol. The molecular formula is C16H23NO3. The van der Waals surface area contributed by atoms with Crippen LogP contribution >= 0.6 is 0 Å². The number of carbonyl (C=O) groups is 2. The van der Waals surface area contributed by atoms with Crippen LogP contribution in [0.4, 0.5) is 0 Å². The molecule has 0 aliphatic carbocycles. The van der Waals surface area contributed by atoms with Gasteiger partial charge in [-0.15, -0.1) is 0 Å². The predicted octanol–water partition coefficient (Wildman–Crippen LogP) is 2.81. The van der Waals surface area contributed by atoms with Crippen molar-refractivity contribution >= 4 is 11.9 Å². The van der Waals surface area contributed by atoms with Crippen LogP contribution in [0, 0.1) is 0 Å². The molecule has 1 unspecified atom stereocenters. The molecule has 1 N–H and O–H groups in total. The van der Waals surface area contributed by atoms with Crippen molar-refractivity contribution in [1.82, 2.24) is 4.90 Å². The van der Waals surface area contributed by atoms with Crippen molar-refractivity contribution in [3.05, 3.63) is 35.4 Å². The zero-order valence-electron chi connectivity index (χ0n) is 12.6. The summed E-state index contributed by atoms with van der Waals surface area (Å²) < 4.78 is 0. The van der Waals surface area contributed by atoms with Gasteiger partial charge in [0, 0.05) is 13.5 Å². The quantitative estimate of drug-likeness (QED) is 0.870. The van der Waals surface area contributed by atoms with Gasteiger partial charge in [-0.3, -0.25) is 4.79 Å². The van der Waals surface area contributed by atoms with E-state index in [0.29, 0.717) is 12.1 Å². The Kier molecular flexibility index (Phi) is 5.31. The number of aliphatic carboxylic acids is 1. The van der Waals surface area contributed by atoms with E-state index in [-0.39, 0.29) is 5.91 Å². The van der Waals surface area contributed by atoms with Crippen molar-refractivity contribution < 1.29 is 14.7 Å². The maximum Gasteiger partial charge on any atom is 0.334 e. The van der Waals surface area contributed by atoms with Crippen LogP contribution in [0.1, 0.15) is 45.2 Å². The Morgan fingerprint density at radius 2 is 1.75 bits per heavy atom. The van der Waals surface area contributed by atoms with Gasteiger partial charge in [-0.05, 0) is 30.9 Å². The largest absolute Gasteiger partial charge is 0.479 e. The Morgan fingerprint density at radius 3 is 2.10 bits per heavy atom. The minimum atomic E-state index is -1.33. The molecule has 110 valence electrons. The molecule has 4 nitrogen and oxygen atoms in total. The molecule has 0 spiro atoms. The Hall–Kier alpha value is -1.84. The number of carboxylic acids is 1. The first-order chi connectivity index (χ1) is 9.37. The van der Waals surface area contributed by atoms with E-state index in [9.17, 15) is 14.7 Å². The van der Waals surface area contributed by atoms with Crippen LogP contribution in [0.3, 0.4) is 0 Å². The lowest BCUT2D eigenvalue weighted by molar-refractivity contribution is -0.158. The molecule has 0 bridgehead atoms. The molecule has 1 amide bonds. The standard InChI is InChI=1S/C16H23NO3/c1-5-11-17(12(3)18)16(4,15(19)20)14-9-7-13(6-2)8-10-14/h7-10H,5-6,11H2,1-4H3,(H,19,20). The number of nitrogens with zero attached hydrogens (tertiary/aromatic N) is 1. The molecule has 0 aromatic heterocycles. The summed E-state index contributed by atoms with van der Waals surface area (Å²) in [7, 11) is 0. The van der Waals surface area contributed by atoms with E-state index >= 15 is 0 Å². The van der Waals surface area contributed by atoms with E-state index in [1.165, 1.54) is 11.8 Å². The molecule has 0 fully saturated rings. The maximum atomic E-state index is 11.8. The summed E-state index contributed by atoms with van der Waals surface area (Å²) in [5, 5.41) is 9.66. The zero-order valence-corrected chi connectivity index (χ0v) is 12.6. The van der Waals surface area contributed by atoms with Crippen LogP contribution in [0.25, 0.3) is 0 Å². The topological polar surface area (TPSA) is 57.6 Å². The molecule has 0 saturated heterocycles. The van der Waals surface area contributed by atoms with Crippen LogP contribution in [0.2, 0.25) is 0 Å². The minimum Gasteiger partial charge on any atom is -0.479 e. The average molecular weight is 277 g/mol. The van der Waals surface area contributed by atoms with Crippen molar-refractivity contribution in [2.75, 3.05) is 6.54 Å². The summed E-state index contributed by atoms with van der Waals surface area (Å²) in [4.78, 5) is 25.1. The van der Waals surface area contributed by atoms with Gasteiger partial charge in [0.05, 0.1) is 0 Å². The van der Waals surface area contributed by atoms with Crippen molar-refractivity contribution in [3.8, 4) is 0 Å². The van der Waals surface area contributed by atoms with Crippen LogP contribution in [-0.4, -0.2) is 28.4 Å². The molecule has 4 heteroatoms. The number of hydrogen-bond acceptors (Lipinski definition) is 2. The van der Waals surface area contributed by atoms with Gasteiger partial charge >= 0.3 is 5.97 Å². The number of hydrogen-bond donors (Lipinski definition) is 1. The first-order valence-corrected chi connectivity index (χ1v) is 6.98. The summed E-state index contributed by atoms with van der Waals surface area (Å²) in [6.45, 7) is 7.40. The van der Waals surface area contributed by atoms with Gasteiger partial charge in [0.15, 0.2) is 5.54 Å². The lowest BCUT2D eigenvalue weighted by atomic mass is 9.88. The molecule has 0 aliphatic rings. The van der Waals surface area contributed by atoms with Crippen molar-refractivity contribution in [3.63, 3.8) is 0 Å². The monoisotopic (exact) mass is 277 g/mol. The highest BCUT2D eigenvalue weighted by atomic mass is 16.4. The third-order valence-electron chi connectivity index (χ3n) is 3.71. The van der Waals surface area contributed by atoms with E-state index in [0.717, 1.165) is 18.4 Å². The van der Waals surface area contributed by atoms with Crippen molar-refractivity contribution in [2.45, 2.75) is 46.1 Å². The van der Waals surface area contributed by atoms with Crippen molar-refractivity contribution in [1.29, 1.82) is 0 Å². The van der Waals surface area contributed by atoms with Crippen molar-refractivity contribution in [2.24, 2.45) is 0 Å². The van der Waals surface area contributed by atoms with Gasteiger partial charge in [-0.25, -0.2) is 4.79 Å². The van der Waals surface area contributed by atoms with E-state index in [1.807, 2.05) is 26.0 Å². The van der Waals surface area contributed by atoms with E-state index < -0.39 is 11.5 Å². The fraction of sp³-hybridized carbons (Fsp3) is 0.500. The molecule has 0 aliphatic heterocycles. The molecule has 20 heavy (non-hydrogen) atoms. The van der Waals surface area contributed by atoms with Gasteiger partial charge in [0.25, 0.3) is 0 Å². The van der Waals surface area contributed by atoms with Gasteiger partial charge in [0.1, 0.15) is 0 Å². The highest BCUT2D eigenvalue weighted by molar-refractivity contribution is 5.87. The average Bonchev–Trinajstić information content (AvgIpc) is 2.43. The van der Waals surface area contributed by atoms with E-state index in [1.54, 1.807) is 19.1 Å². The van der Waals surface area contributed by atoms with Gasteiger partial charge in [-0.1, -0.05) is 38.1 Å². The summed E-state index contributed by atoms with van der Waals surface area (Å²) in [6.07, 6.45) is 1.62. The van der Waals surface area contributed by atoms with Gasteiger partial charge < -0.3 is 10.0 Å². The molecule has 1 atom stereocenters. The third-order valence-corrected chi connectivity index (χ3v) is 3.71. The highest BCUT2D eigenvalue weighted by Gasteiger charge is 2.42. The zero-order chi connectivity index (χ0) is 15.3. The van der Waals surface area contributed by atoms with Crippen LogP contribution in [0.15, 0.2) is 24.3 Å². The van der Waals surface area contributed by atoms with Gasteiger partial charge in [0.2, 0.25) is 5.91 Å². The Balaban J connectivity index is 3.31. The van der Waals surface area contributed by atoms with E-state index in [2.05, 4.69) is 0 Å². The minimum absolute atomic E-state index is 0.226. The predicted molar refractivity (Wildman–Crippen MR) is 78.5 cm³/mol.